The highest BCUT2D eigenvalue weighted by Gasteiger charge is 2.49. The predicted molar refractivity (Wildman–Crippen MR) is 396 cm³/mol. The monoisotopic (exact) mass is 1590 g/mol. The lowest BCUT2D eigenvalue weighted by Gasteiger charge is -2.51. The van der Waals surface area contributed by atoms with Gasteiger partial charge in [-0.15, -0.1) is 46.4 Å². The van der Waals surface area contributed by atoms with E-state index in [1.54, 1.807) is 0 Å². The van der Waals surface area contributed by atoms with Gasteiger partial charge in [-0.3, -0.25) is 9.59 Å². The highest BCUT2D eigenvalue weighted by Crippen LogP contribution is 2.50. The van der Waals surface area contributed by atoms with Gasteiger partial charge in [0.2, 0.25) is 31.9 Å². The number of nitrogens with one attached hydrogen (secondary N) is 4. The molecule has 2 aliphatic heterocycles. The fraction of sp³-hybridized carbons (Fsp3) is 0.971. The van der Waals surface area contributed by atoms with Crippen LogP contribution >= 0.6 is 46.4 Å². The third-order valence-corrected chi connectivity index (χ3v) is 26.0. The minimum atomic E-state index is -3.43. The number of ether oxygens (including phenoxy) is 15. The molecule has 2 amide bonds. The van der Waals surface area contributed by atoms with Crippen LogP contribution in [0.3, 0.4) is 0 Å². The first kappa shape index (κ1) is 91.1. The summed E-state index contributed by atoms with van der Waals surface area (Å²) in [5.41, 5.74) is 0. The number of alkyl halides is 4. The van der Waals surface area contributed by atoms with Crippen LogP contribution in [0, 0.1) is 47.3 Å². The Kier molecular flexibility index (Phi) is 48.5. The summed E-state index contributed by atoms with van der Waals surface area (Å²) in [6, 6.07) is 0. The number of likely N-dealkylation sites (tertiary alicyclic amines) is 2. The summed E-state index contributed by atoms with van der Waals surface area (Å²) >= 11 is 26.8. The third-order valence-electron chi connectivity index (χ3n) is 20.4. The van der Waals surface area contributed by atoms with Crippen LogP contribution in [0.25, 0.3) is 0 Å². The van der Waals surface area contributed by atoms with Gasteiger partial charge in [-0.2, -0.15) is 0 Å². The first-order chi connectivity index (χ1) is 50.0. The zero-order chi connectivity index (χ0) is 73.6. The van der Waals surface area contributed by atoms with E-state index in [1.165, 1.54) is 0 Å². The maximum absolute atomic E-state index is 13.1. The average Bonchev–Trinajstić information content (AvgIpc) is 0.783. The van der Waals surface area contributed by atoms with Crippen LogP contribution in [-0.4, -0.2) is 335 Å². The second kappa shape index (κ2) is 54.8. The lowest BCUT2D eigenvalue weighted by molar-refractivity contribution is -0.123. The Balaban J connectivity index is 0.561. The number of hydrogen-bond acceptors (Lipinski definition) is 23. The molecule has 10 atom stereocenters. The van der Waals surface area contributed by atoms with Crippen LogP contribution in [-0.2, 0) is 101 Å². The summed E-state index contributed by atoms with van der Waals surface area (Å²) < 4.78 is 141. The van der Waals surface area contributed by atoms with Crippen molar-refractivity contribution in [3.8, 4) is 0 Å². The SMILES string of the molecule is CN1CC2C(Cl)CC(Cl)CC2C(C2CCC(S(=O)(=O)NCCOCCOCCOCCNC(=O)CCOCCOCCOCCOCCOCCOCCOCCOCCOCCC(=O)NCCOCCOCCOCCNS(=O)(=O)C3CCC(C4CN(C)CC5C(Cl)CC(Cl)CC54)CC3)CC2)C1. The van der Waals surface area contributed by atoms with Gasteiger partial charge >= 0.3 is 0 Å². The van der Waals surface area contributed by atoms with Crippen molar-refractivity contribution < 1.29 is 97.5 Å². The Bertz CT molecular complexity index is 2270. The first-order valence-electron chi connectivity index (χ1n) is 38.1. The van der Waals surface area contributed by atoms with Crippen LogP contribution in [0.5, 0.6) is 0 Å². The molecule has 103 heavy (non-hydrogen) atoms. The normalized spacial score (nSPS) is 27.4. The number of fused-ring (bicyclic) bond motifs is 2. The average molecular weight is 1600 g/mol. The van der Waals surface area contributed by atoms with Gasteiger partial charge in [-0.05, 0) is 138 Å². The van der Waals surface area contributed by atoms with E-state index in [9.17, 15) is 26.4 Å². The number of carbonyl (C=O) groups is 2. The van der Waals surface area contributed by atoms with Crippen LogP contribution in [0.2, 0.25) is 0 Å². The number of halogens is 4. The summed E-state index contributed by atoms with van der Waals surface area (Å²) in [7, 11) is -2.50. The number of rotatable bonds is 60. The van der Waals surface area contributed by atoms with Gasteiger partial charge < -0.3 is 91.5 Å². The predicted octanol–water partition coefficient (Wildman–Crippen LogP) is 4.81. The van der Waals surface area contributed by atoms with E-state index in [0.717, 1.165) is 77.5 Å². The van der Waals surface area contributed by atoms with E-state index < -0.39 is 20.0 Å². The molecule has 10 unspecified atom stereocenters. The van der Waals surface area contributed by atoms with Crippen molar-refractivity contribution in [1.82, 2.24) is 29.9 Å². The molecule has 2 saturated heterocycles. The van der Waals surface area contributed by atoms with Crippen molar-refractivity contribution in [2.24, 2.45) is 47.3 Å². The lowest BCUT2D eigenvalue weighted by atomic mass is 9.63. The van der Waals surface area contributed by atoms with E-state index in [0.29, 0.717) is 258 Å². The largest absolute Gasteiger partial charge is 0.379 e. The molecule has 2 heterocycles. The van der Waals surface area contributed by atoms with Crippen LogP contribution in [0.15, 0.2) is 0 Å². The van der Waals surface area contributed by atoms with Gasteiger partial charge in [0.15, 0.2) is 0 Å². The molecule has 6 fully saturated rings. The molecule has 0 aromatic heterocycles. The first-order valence-corrected chi connectivity index (χ1v) is 42.9. The zero-order valence-electron chi connectivity index (χ0n) is 61.6. The molecule has 0 radical (unpaired) electrons. The fourth-order valence-electron chi connectivity index (χ4n) is 15.2. The maximum atomic E-state index is 13.1. The molecule has 6 rings (SSSR count). The molecule has 0 spiro atoms. The van der Waals surface area contributed by atoms with Crippen molar-refractivity contribution in [3.05, 3.63) is 0 Å². The number of hydrogen-bond donors (Lipinski definition) is 4. The fourth-order valence-corrected chi connectivity index (χ4v) is 20.2. The molecule has 27 nitrogen and oxygen atoms in total. The van der Waals surface area contributed by atoms with Crippen molar-refractivity contribution in [2.75, 3.05) is 265 Å². The van der Waals surface area contributed by atoms with Crippen LogP contribution < -0.4 is 20.1 Å². The minimum absolute atomic E-state index is 0.111. The van der Waals surface area contributed by atoms with Crippen molar-refractivity contribution in [1.29, 1.82) is 0 Å². The molecular formula is C70H128Cl4N6O21S2. The highest BCUT2D eigenvalue weighted by atomic mass is 35.5. The maximum Gasteiger partial charge on any atom is 0.222 e. The van der Waals surface area contributed by atoms with Gasteiger partial charge in [0.1, 0.15) is 0 Å². The molecule has 0 bridgehead atoms. The number of sulfonamides is 2. The Hall–Kier alpha value is -0.760. The van der Waals surface area contributed by atoms with Crippen LogP contribution in [0.4, 0.5) is 0 Å². The summed E-state index contributed by atoms with van der Waals surface area (Å²) in [4.78, 5) is 29.0. The van der Waals surface area contributed by atoms with E-state index in [4.69, 9.17) is 117 Å². The topological polar surface area (TPSA) is 295 Å². The smallest absolute Gasteiger partial charge is 0.222 e. The number of piperidine rings is 2. The van der Waals surface area contributed by atoms with Crippen LogP contribution in [0.1, 0.15) is 89.9 Å². The Morgan fingerprint density at radius 3 is 0.816 bits per heavy atom. The summed E-state index contributed by atoms with van der Waals surface area (Å²) in [6.07, 6.45) is 10.6. The molecule has 604 valence electrons. The van der Waals surface area contributed by atoms with Crippen molar-refractivity contribution in [2.45, 2.75) is 122 Å². The molecule has 4 aliphatic carbocycles. The summed E-state index contributed by atoms with van der Waals surface area (Å²) in [5.74, 6) is 3.74. The van der Waals surface area contributed by atoms with Gasteiger partial charge in [-0.25, -0.2) is 26.3 Å². The zero-order valence-corrected chi connectivity index (χ0v) is 66.3. The highest BCUT2D eigenvalue weighted by molar-refractivity contribution is 7.90. The van der Waals surface area contributed by atoms with E-state index in [1.807, 2.05) is 0 Å². The Labute approximate surface area is 635 Å². The second-order valence-corrected chi connectivity index (χ2v) is 34.4. The Morgan fingerprint density at radius 2 is 0.544 bits per heavy atom. The van der Waals surface area contributed by atoms with Gasteiger partial charge in [-0.1, -0.05) is 0 Å². The van der Waals surface area contributed by atoms with Gasteiger partial charge in [0.25, 0.3) is 0 Å². The van der Waals surface area contributed by atoms with E-state index in [2.05, 4.69) is 44.0 Å². The third kappa shape index (κ3) is 38.4. The van der Waals surface area contributed by atoms with Crippen molar-refractivity contribution in [3.63, 3.8) is 0 Å². The van der Waals surface area contributed by atoms with Crippen molar-refractivity contribution >= 4 is 78.3 Å². The molecule has 4 N–H and O–H groups in total. The standard InChI is InChI=1S/C70H128Cl4N6O21S2/c1-79-51-63(61-47-57(71)49-67(73)65(61)53-79)55-3-7-59(8-4-55)102(83,84)77-15-21-91-27-33-95-31-25-89-19-13-75-69(81)11-17-87-23-29-93-35-37-97-39-41-99-43-45-101-46-44-100-42-40-98-38-36-94-30-24-88-18-12-70(82)76-14-20-90-26-32-96-34-28-92-22-16-78-103(85,86)60-9-5-56(6-10-60)64-52-80(2)54-66-62(64)48-58(72)50-68(66)74/h55-68,77-78H,3-54H2,1-2H3,(H,75,81)(H,76,82). The lowest BCUT2D eigenvalue weighted by Crippen LogP contribution is -2.53. The molecular weight excluding hydrogens is 1470 g/mol. The number of nitrogens with zero attached hydrogens (tertiary/aromatic N) is 2. The number of carbonyl (C=O) groups excluding carboxylic acids is 2. The summed E-state index contributed by atoms with van der Waals surface area (Å²) in [5, 5.41) is 5.34. The summed E-state index contributed by atoms with van der Waals surface area (Å²) in [6.45, 7) is 16.8. The van der Waals surface area contributed by atoms with E-state index in [-0.39, 0.29) is 96.2 Å². The minimum Gasteiger partial charge on any atom is -0.379 e. The Morgan fingerprint density at radius 1 is 0.311 bits per heavy atom. The number of amides is 2. The molecule has 6 aliphatic rings. The quantitative estimate of drug-likeness (QED) is 0.0469. The molecule has 0 aromatic carbocycles. The second-order valence-electron chi connectivity index (χ2n) is 27.9. The van der Waals surface area contributed by atoms with Gasteiger partial charge in [0.05, 0.1) is 209 Å². The molecule has 33 heteroatoms. The van der Waals surface area contributed by atoms with E-state index >= 15 is 0 Å². The van der Waals surface area contributed by atoms with Gasteiger partial charge in [0, 0.05) is 86.7 Å². The molecule has 4 saturated carbocycles. The molecule has 0 aromatic rings.